The number of methoxy groups -OCH3 is 1. The van der Waals surface area contributed by atoms with Crippen LogP contribution in [0.2, 0.25) is 0 Å². The fourth-order valence-electron chi connectivity index (χ4n) is 4.58. The fourth-order valence-corrected chi connectivity index (χ4v) is 4.58. The minimum Gasteiger partial charge on any atom is -0.495 e. The molecular weight excluding hydrogens is 470 g/mol. The largest absolute Gasteiger partial charge is 0.495 e. The summed E-state index contributed by atoms with van der Waals surface area (Å²) in [6, 6.07) is 18.3. The van der Waals surface area contributed by atoms with Crippen molar-refractivity contribution in [2.45, 2.75) is 20.4 Å². The van der Waals surface area contributed by atoms with Gasteiger partial charge in [0, 0.05) is 31.9 Å². The van der Waals surface area contributed by atoms with Crippen molar-refractivity contribution >= 4 is 23.2 Å². The summed E-state index contributed by atoms with van der Waals surface area (Å²) in [7, 11) is 1.64. The molecule has 1 saturated heterocycles. The molecule has 190 valence electrons. The molecule has 0 saturated carbocycles. The molecule has 1 aromatic heterocycles. The van der Waals surface area contributed by atoms with Gasteiger partial charge < -0.3 is 24.4 Å². The van der Waals surface area contributed by atoms with Crippen LogP contribution in [0.5, 0.6) is 5.75 Å². The highest BCUT2D eigenvalue weighted by molar-refractivity contribution is 6.03. The molecule has 0 bridgehead atoms. The maximum absolute atomic E-state index is 13.4. The molecule has 0 atom stereocenters. The van der Waals surface area contributed by atoms with E-state index in [1.165, 1.54) is 4.57 Å². The summed E-state index contributed by atoms with van der Waals surface area (Å²) in [5.74, 6) is 0.158. The lowest BCUT2D eigenvalue weighted by Gasteiger charge is -2.36. The zero-order valence-electron chi connectivity index (χ0n) is 21.2. The molecule has 37 heavy (non-hydrogen) atoms. The van der Waals surface area contributed by atoms with Crippen LogP contribution in [0.15, 0.2) is 59.4 Å². The predicted octanol–water partition coefficient (Wildman–Crippen LogP) is 2.95. The summed E-state index contributed by atoms with van der Waals surface area (Å²) in [4.78, 5) is 42.9. The number of aryl methyl sites for hydroxylation is 2. The summed E-state index contributed by atoms with van der Waals surface area (Å²) >= 11 is 0. The number of benzene rings is 2. The zero-order valence-corrected chi connectivity index (χ0v) is 21.2. The third-order valence-corrected chi connectivity index (χ3v) is 6.54. The molecule has 0 spiro atoms. The standard InChI is InChI=1S/C28H29N5O4/c1-19-16-20(2)33(28(36)22(19)17-29)18-26(34)30-23-9-5-4-8-21(23)27(35)32-14-12-31(13-15-32)24-10-6-7-11-25(24)37-3/h4-11,16H,12-15,18H2,1-3H3,(H,30,34). The van der Waals surface area contributed by atoms with Crippen LogP contribution in [0.1, 0.15) is 27.2 Å². The first kappa shape index (κ1) is 25.5. The minimum absolute atomic E-state index is 0.0150. The van der Waals surface area contributed by atoms with Crippen molar-refractivity contribution in [3.05, 3.63) is 87.3 Å². The Balaban J connectivity index is 1.46. The summed E-state index contributed by atoms with van der Waals surface area (Å²) in [5.41, 5.74) is 2.41. The Hall–Kier alpha value is -4.58. The molecule has 0 radical (unpaired) electrons. The van der Waals surface area contributed by atoms with Gasteiger partial charge in [-0.05, 0) is 49.7 Å². The summed E-state index contributed by atoms with van der Waals surface area (Å²) in [6.45, 7) is 5.48. The van der Waals surface area contributed by atoms with E-state index in [1.807, 2.05) is 30.3 Å². The smallest absolute Gasteiger partial charge is 0.269 e. The van der Waals surface area contributed by atoms with Crippen molar-refractivity contribution in [3.63, 3.8) is 0 Å². The number of carbonyl (C=O) groups is 2. The van der Waals surface area contributed by atoms with E-state index in [0.29, 0.717) is 48.7 Å². The number of hydrogen-bond donors (Lipinski definition) is 1. The van der Waals surface area contributed by atoms with Crippen molar-refractivity contribution < 1.29 is 14.3 Å². The minimum atomic E-state index is -0.507. The van der Waals surface area contributed by atoms with Crippen LogP contribution in [-0.2, 0) is 11.3 Å². The number of anilines is 2. The van der Waals surface area contributed by atoms with Crippen molar-refractivity contribution in [2.75, 3.05) is 43.5 Å². The van der Waals surface area contributed by atoms with E-state index in [4.69, 9.17) is 4.74 Å². The maximum atomic E-state index is 13.4. The molecule has 1 aliphatic heterocycles. The van der Waals surface area contributed by atoms with Gasteiger partial charge in [-0.2, -0.15) is 5.26 Å². The van der Waals surface area contributed by atoms with Gasteiger partial charge in [0.25, 0.3) is 11.5 Å². The molecule has 9 heteroatoms. The topological polar surface area (TPSA) is 108 Å². The second kappa shape index (κ2) is 11.0. The van der Waals surface area contributed by atoms with Gasteiger partial charge in [0.05, 0.1) is 24.0 Å². The van der Waals surface area contributed by atoms with E-state index in [1.54, 1.807) is 56.2 Å². The lowest BCUT2D eigenvalue weighted by atomic mass is 10.1. The van der Waals surface area contributed by atoms with Crippen LogP contribution in [0.3, 0.4) is 0 Å². The van der Waals surface area contributed by atoms with Crippen LogP contribution in [0.25, 0.3) is 0 Å². The molecular formula is C28H29N5O4. The lowest BCUT2D eigenvalue weighted by Crippen LogP contribution is -2.49. The van der Waals surface area contributed by atoms with Crippen molar-refractivity contribution in [3.8, 4) is 11.8 Å². The van der Waals surface area contributed by atoms with Gasteiger partial charge in [0.2, 0.25) is 5.91 Å². The van der Waals surface area contributed by atoms with Crippen molar-refractivity contribution in [1.82, 2.24) is 9.47 Å². The Morgan fingerprint density at radius 1 is 1.03 bits per heavy atom. The average molecular weight is 500 g/mol. The number of para-hydroxylation sites is 3. The van der Waals surface area contributed by atoms with E-state index < -0.39 is 11.5 Å². The van der Waals surface area contributed by atoms with Gasteiger partial charge in [-0.3, -0.25) is 14.4 Å². The molecule has 4 rings (SSSR count). The van der Waals surface area contributed by atoms with E-state index in [0.717, 1.165) is 11.4 Å². The molecule has 9 nitrogen and oxygen atoms in total. The maximum Gasteiger partial charge on any atom is 0.269 e. The predicted molar refractivity (Wildman–Crippen MR) is 141 cm³/mol. The van der Waals surface area contributed by atoms with E-state index >= 15 is 0 Å². The van der Waals surface area contributed by atoms with Crippen LogP contribution in [0, 0.1) is 25.2 Å². The number of hydrogen-bond acceptors (Lipinski definition) is 6. The molecule has 0 unspecified atom stereocenters. The van der Waals surface area contributed by atoms with Crippen LogP contribution in [-0.4, -0.2) is 54.6 Å². The van der Waals surface area contributed by atoms with Crippen molar-refractivity contribution in [1.29, 1.82) is 5.26 Å². The number of carbonyl (C=O) groups excluding carboxylic acids is 2. The third-order valence-electron chi connectivity index (χ3n) is 6.54. The van der Waals surface area contributed by atoms with Crippen LogP contribution < -0.4 is 20.5 Å². The normalized spacial score (nSPS) is 13.1. The van der Waals surface area contributed by atoms with Gasteiger partial charge >= 0.3 is 0 Å². The quantitative estimate of drug-likeness (QED) is 0.559. The van der Waals surface area contributed by atoms with Gasteiger partial charge in [-0.1, -0.05) is 24.3 Å². The van der Waals surface area contributed by atoms with Crippen molar-refractivity contribution in [2.24, 2.45) is 0 Å². The van der Waals surface area contributed by atoms with Gasteiger partial charge in [-0.25, -0.2) is 0 Å². The van der Waals surface area contributed by atoms with Gasteiger partial charge in [-0.15, -0.1) is 0 Å². The number of rotatable bonds is 6. The molecule has 2 amide bonds. The van der Waals surface area contributed by atoms with Gasteiger partial charge in [0.1, 0.15) is 23.9 Å². The number of pyridine rings is 1. The summed E-state index contributed by atoms with van der Waals surface area (Å²) in [6.07, 6.45) is 0. The number of ether oxygens (including phenoxy) is 1. The summed E-state index contributed by atoms with van der Waals surface area (Å²) in [5, 5.41) is 12.1. The highest BCUT2D eigenvalue weighted by Gasteiger charge is 2.25. The Kier molecular flexibility index (Phi) is 7.58. The second-order valence-corrected chi connectivity index (χ2v) is 8.89. The first-order valence-corrected chi connectivity index (χ1v) is 12.0. The fraction of sp³-hybridized carbons (Fsp3) is 0.286. The molecule has 2 heterocycles. The first-order valence-electron chi connectivity index (χ1n) is 12.0. The van der Waals surface area contributed by atoms with E-state index in [9.17, 15) is 19.6 Å². The average Bonchev–Trinajstić information content (AvgIpc) is 2.91. The number of nitrogens with zero attached hydrogens (tertiary/aromatic N) is 4. The first-order chi connectivity index (χ1) is 17.8. The van der Waals surface area contributed by atoms with E-state index in [2.05, 4.69) is 10.2 Å². The van der Waals surface area contributed by atoms with Crippen LogP contribution >= 0.6 is 0 Å². The van der Waals surface area contributed by atoms with E-state index in [-0.39, 0.29) is 18.0 Å². The Bertz CT molecular complexity index is 1430. The Morgan fingerprint density at radius 2 is 1.70 bits per heavy atom. The highest BCUT2D eigenvalue weighted by Crippen LogP contribution is 2.29. The Labute approximate surface area is 215 Å². The molecule has 2 aromatic carbocycles. The number of nitrogens with one attached hydrogen (secondary N) is 1. The number of aromatic nitrogens is 1. The van der Waals surface area contributed by atoms with Gasteiger partial charge in [0.15, 0.2) is 0 Å². The SMILES string of the molecule is COc1ccccc1N1CCN(C(=O)c2ccccc2NC(=O)Cn2c(C)cc(C)c(C#N)c2=O)CC1. The molecule has 1 aliphatic rings. The second-order valence-electron chi connectivity index (χ2n) is 8.89. The molecule has 3 aromatic rings. The molecule has 0 aliphatic carbocycles. The molecule has 1 fully saturated rings. The Morgan fingerprint density at radius 3 is 2.41 bits per heavy atom. The molecule has 1 N–H and O–H groups in total. The monoisotopic (exact) mass is 499 g/mol. The number of amides is 2. The number of nitriles is 1. The van der Waals surface area contributed by atoms with Crippen LogP contribution in [0.4, 0.5) is 11.4 Å². The summed E-state index contributed by atoms with van der Waals surface area (Å²) < 4.78 is 6.74. The zero-order chi connectivity index (χ0) is 26.5. The highest BCUT2D eigenvalue weighted by atomic mass is 16.5. The number of piperazine rings is 1. The lowest BCUT2D eigenvalue weighted by molar-refractivity contribution is -0.116. The third kappa shape index (κ3) is 5.33.